The topological polar surface area (TPSA) is 96.4 Å². The summed E-state index contributed by atoms with van der Waals surface area (Å²) in [7, 11) is -3.05. The zero-order chi connectivity index (χ0) is 21.6. The number of aromatic nitrogens is 1. The highest BCUT2D eigenvalue weighted by molar-refractivity contribution is 7.99. The fourth-order valence-electron chi connectivity index (χ4n) is 4.17. The Hall–Kier alpha value is -2.13. The quantitative estimate of drug-likeness (QED) is 0.639. The van der Waals surface area contributed by atoms with Crippen molar-refractivity contribution in [2.45, 2.75) is 55.3 Å². The first-order valence-electron chi connectivity index (χ1n) is 10.7. The van der Waals surface area contributed by atoms with Crippen molar-refractivity contribution in [3.63, 3.8) is 0 Å². The van der Waals surface area contributed by atoms with E-state index in [0.29, 0.717) is 17.0 Å². The normalized spacial score (nSPS) is 22.4. The molecule has 1 atom stereocenters. The number of benzene rings is 1. The molecule has 164 valence electrons. The van der Waals surface area contributed by atoms with E-state index in [4.69, 9.17) is 0 Å². The number of nitrogens with one attached hydrogen (secondary N) is 1. The zero-order valence-corrected chi connectivity index (χ0v) is 18.8. The maximum absolute atomic E-state index is 13.0. The van der Waals surface area contributed by atoms with Gasteiger partial charge < -0.3 is 10.2 Å². The summed E-state index contributed by atoms with van der Waals surface area (Å²) in [5.41, 5.74) is 1.30. The predicted molar refractivity (Wildman–Crippen MR) is 120 cm³/mol. The van der Waals surface area contributed by atoms with Gasteiger partial charge in [-0.25, -0.2) is 13.4 Å². The number of nitrogens with zero attached hydrogens (tertiary/aromatic N) is 2. The number of rotatable bonds is 7. The van der Waals surface area contributed by atoms with Crippen LogP contribution in [0.2, 0.25) is 0 Å². The third-order valence-electron chi connectivity index (χ3n) is 6.02. The summed E-state index contributed by atoms with van der Waals surface area (Å²) in [4.78, 5) is 32.2. The molecule has 5 rings (SSSR count). The molecule has 3 aliphatic rings. The van der Waals surface area contributed by atoms with Gasteiger partial charge in [-0.15, -0.1) is 0 Å². The van der Waals surface area contributed by atoms with Crippen molar-refractivity contribution in [2.24, 2.45) is 0 Å². The SMILES string of the molecule is O=C(NC1CC1)c1cc(SCC(=O)N(C2CC2)C2CCS(=O)(=O)C2)nc2ccccc12. The summed E-state index contributed by atoms with van der Waals surface area (Å²) in [5, 5.41) is 4.46. The maximum Gasteiger partial charge on any atom is 0.252 e. The molecule has 2 saturated carbocycles. The molecular formula is C22H25N3O4S2. The zero-order valence-electron chi connectivity index (χ0n) is 17.1. The van der Waals surface area contributed by atoms with Crippen molar-refractivity contribution in [1.82, 2.24) is 15.2 Å². The summed E-state index contributed by atoms with van der Waals surface area (Å²) in [6, 6.07) is 9.50. The molecule has 0 bridgehead atoms. The maximum atomic E-state index is 13.0. The fraction of sp³-hybridized carbons (Fsp3) is 0.500. The Morgan fingerprint density at radius 2 is 1.87 bits per heavy atom. The molecule has 9 heteroatoms. The predicted octanol–water partition coefficient (Wildman–Crippen LogP) is 2.40. The molecule has 3 fully saturated rings. The number of amides is 2. The molecule has 1 aromatic carbocycles. The average Bonchev–Trinajstić information content (AvgIpc) is 3.67. The lowest BCUT2D eigenvalue weighted by molar-refractivity contribution is -0.130. The molecule has 7 nitrogen and oxygen atoms in total. The minimum absolute atomic E-state index is 0.0476. The van der Waals surface area contributed by atoms with Crippen LogP contribution in [0.5, 0.6) is 0 Å². The number of carbonyl (C=O) groups is 2. The number of carbonyl (C=O) groups excluding carboxylic acids is 2. The lowest BCUT2D eigenvalue weighted by Crippen LogP contribution is -2.43. The molecule has 2 aliphatic carbocycles. The fourth-order valence-corrected chi connectivity index (χ4v) is 6.66. The highest BCUT2D eigenvalue weighted by Crippen LogP contribution is 2.33. The van der Waals surface area contributed by atoms with E-state index in [9.17, 15) is 18.0 Å². The van der Waals surface area contributed by atoms with E-state index in [-0.39, 0.29) is 47.2 Å². The van der Waals surface area contributed by atoms with Gasteiger partial charge in [-0.05, 0) is 44.2 Å². The molecule has 1 saturated heterocycles. The van der Waals surface area contributed by atoms with E-state index in [2.05, 4.69) is 10.3 Å². The number of thioether (sulfide) groups is 1. The van der Waals surface area contributed by atoms with Crippen LogP contribution in [0.3, 0.4) is 0 Å². The van der Waals surface area contributed by atoms with E-state index in [0.717, 1.165) is 36.6 Å². The first-order chi connectivity index (χ1) is 14.9. The Labute approximate surface area is 185 Å². The van der Waals surface area contributed by atoms with E-state index < -0.39 is 9.84 Å². The highest BCUT2D eigenvalue weighted by Gasteiger charge is 2.42. The second-order valence-electron chi connectivity index (χ2n) is 8.65. The van der Waals surface area contributed by atoms with Crippen LogP contribution >= 0.6 is 11.8 Å². The van der Waals surface area contributed by atoms with Crippen molar-refractivity contribution >= 4 is 44.3 Å². The minimum Gasteiger partial charge on any atom is -0.349 e. The van der Waals surface area contributed by atoms with E-state index in [1.807, 2.05) is 24.3 Å². The van der Waals surface area contributed by atoms with Gasteiger partial charge in [0.25, 0.3) is 5.91 Å². The molecule has 1 aliphatic heterocycles. The Morgan fingerprint density at radius 3 is 2.55 bits per heavy atom. The Balaban J connectivity index is 1.34. The molecule has 0 spiro atoms. The average molecular weight is 460 g/mol. The summed E-state index contributed by atoms with van der Waals surface area (Å²) in [6.45, 7) is 0. The van der Waals surface area contributed by atoms with Crippen LogP contribution < -0.4 is 5.32 Å². The van der Waals surface area contributed by atoms with Gasteiger partial charge in [-0.2, -0.15) is 0 Å². The van der Waals surface area contributed by atoms with Crippen LogP contribution in [0, 0.1) is 0 Å². The van der Waals surface area contributed by atoms with Crippen LogP contribution in [0.1, 0.15) is 42.5 Å². The van der Waals surface area contributed by atoms with Gasteiger partial charge in [-0.3, -0.25) is 9.59 Å². The number of hydrogen-bond donors (Lipinski definition) is 1. The van der Waals surface area contributed by atoms with Gasteiger partial charge in [0.1, 0.15) is 0 Å². The van der Waals surface area contributed by atoms with Crippen LogP contribution in [0.15, 0.2) is 35.4 Å². The third kappa shape index (κ3) is 4.72. The summed E-state index contributed by atoms with van der Waals surface area (Å²) >= 11 is 1.31. The summed E-state index contributed by atoms with van der Waals surface area (Å²) in [6.07, 6.45) is 4.42. The van der Waals surface area contributed by atoms with Crippen LogP contribution in [-0.2, 0) is 14.6 Å². The number of para-hydroxylation sites is 1. The molecule has 31 heavy (non-hydrogen) atoms. The molecule has 0 radical (unpaired) electrons. The van der Waals surface area contributed by atoms with Crippen LogP contribution in [-0.4, -0.2) is 65.5 Å². The monoisotopic (exact) mass is 459 g/mol. The van der Waals surface area contributed by atoms with Crippen molar-refractivity contribution in [1.29, 1.82) is 0 Å². The second kappa shape index (κ2) is 8.09. The molecule has 1 N–H and O–H groups in total. The number of fused-ring (bicyclic) bond motifs is 1. The number of pyridine rings is 1. The van der Waals surface area contributed by atoms with Gasteiger partial charge >= 0.3 is 0 Å². The van der Waals surface area contributed by atoms with Gasteiger partial charge in [0.15, 0.2) is 9.84 Å². The van der Waals surface area contributed by atoms with E-state index >= 15 is 0 Å². The van der Waals surface area contributed by atoms with Crippen molar-refractivity contribution in [3.05, 3.63) is 35.9 Å². The largest absolute Gasteiger partial charge is 0.349 e. The van der Waals surface area contributed by atoms with Gasteiger partial charge in [0, 0.05) is 23.5 Å². The standard InChI is InChI=1S/C22H25N3O4S2/c26-21(25(15-7-8-15)16-9-10-31(28,29)13-16)12-30-20-11-18(22(27)23-14-5-6-14)17-3-1-2-4-19(17)24-20/h1-4,11,14-16H,5-10,12-13H2,(H,23,27). The lowest BCUT2D eigenvalue weighted by Gasteiger charge is -2.28. The van der Waals surface area contributed by atoms with Crippen molar-refractivity contribution in [3.8, 4) is 0 Å². The number of hydrogen-bond acceptors (Lipinski definition) is 6. The van der Waals surface area contributed by atoms with Gasteiger partial charge in [0.2, 0.25) is 5.91 Å². The Kier molecular flexibility index (Phi) is 5.42. The number of sulfone groups is 1. The first-order valence-corrected chi connectivity index (χ1v) is 13.6. The Bertz CT molecular complexity index is 1140. The van der Waals surface area contributed by atoms with Crippen LogP contribution in [0.4, 0.5) is 0 Å². The second-order valence-corrected chi connectivity index (χ2v) is 11.9. The van der Waals surface area contributed by atoms with E-state index in [1.165, 1.54) is 11.8 Å². The van der Waals surface area contributed by atoms with E-state index in [1.54, 1.807) is 11.0 Å². The minimum atomic E-state index is -3.05. The molecule has 1 aromatic heterocycles. The molecule has 1 unspecified atom stereocenters. The van der Waals surface area contributed by atoms with Crippen molar-refractivity contribution in [2.75, 3.05) is 17.3 Å². The smallest absolute Gasteiger partial charge is 0.252 e. The van der Waals surface area contributed by atoms with Gasteiger partial charge in [-0.1, -0.05) is 30.0 Å². The molecule has 2 heterocycles. The van der Waals surface area contributed by atoms with Gasteiger partial charge in [0.05, 0.1) is 33.4 Å². The highest BCUT2D eigenvalue weighted by atomic mass is 32.2. The summed E-state index contributed by atoms with van der Waals surface area (Å²) in [5.74, 6) is 0.257. The first kappa shape index (κ1) is 20.8. The molecule has 2 amide bonds. The van der Waals surface area contributed by atoms with Crippen LogP contribution in [0.25, 0.3) is 10.9 Å². The lowest BCUT2D eigenvalue weighted by atomic mass is 10.1. The summed E-state index contributed by atoms with van der Waals surface area (Å²) < 4.78 is 23.8. The third-order valence-corrected chi connectivity index (χ3v) is 8.67. The molecule has 2 aromatic rings. The van der Waals surface area contributed by atoms with Crippen molar-refractivity contribution < 1.29 is 18.0 Å². The Morgan fingerprint density at radius 1 is 1.10 bits per heavy atom. The molecular weight excluding hydrogens is 434 g/mol.